The van der Waals surface area contributed by atoms with Gasteiger partial charge in [0.1, 0.15) is 5.60 Å². The summed E-state index contributed by atoms with van der Waals surface area (Å²) in [6.45, 7) is 8.77. The van der Waals surface area contributed by atoms with E-state index in [0.29, 0.717) is 5.41 Å². The number of esters is 1. The van der Waals surface area contributed by atoms with Crippen LogP contribution in [0, 0.1) is 23.7 Å². The second-order valence-electron chi connectivity index (χ2n) is 7.16. The molecule has 0 amide bonds. The van der Waals surface area contributed by atoms with E-state index in [0.717, 1.165) is 45.3 Å². The van der Waals surface area contributed by atoms with E-state index in [-0.39, 0.29) is 17.5 Å². The third-order valence-electron chi connectivity index (χ3n) is 4.22. The Labute approximate surface area is 116 Å². The summed E-state index contributed by atoms with van der Waals surface area (Å²) in [7, 11) is 0. The molecule has 2 fully saturated rings. The first-order chi connectivity index (χ1) is 8.84. The van der Waals surface area contributed by atoms with Crippen LogP contribution >= 0.6 is 0 Å². The second kappa shape index (κ2) is 5.17. The highest BCUT2D eigenvalue weighted by Gasteiger charge is 2.46. The van der Waals surface area contributed by atoms with E-state index in [9.17, 15) is 4.79 Å². The van der Waals surface area contributed by atoms with Crippen molar-refractivity contribution in [1.29, 1.82) is 0 Å². The maximum absolute atomic E-state index is 12.0. The fourth-order valence-electron chi connectivity index (χ4n) is 3.31. The maximum Gasteiger partial charge on any atom is 0.309 e. The van der Waals surface area contributed by atoms with Crippen LogP contribution in [-0.2, 0) is 9.53 Å². The van der Waals surface area contributed by atoms with Gasteiger partial charge in [0.15, 0.2) is 0 Å². The molecule has 1 saturated heterocycles. The molecule has 1 aliphatic heterocycles. The number of hydrogen-bond donors (Lipinski definition) is 0. The monoisotopic (exact) mass is 263 g/mol. The summed E-state index contributed by atoms with van der Waals surface area (Å²) in [5.41, 5.74) is 0.0711. The van der Waals surface area contributed by atoms with Gasteiger partial charge in [-0.2, -0.15) is 0 Å². The Morgan fingerprint density at radius 3 is 2.42 bits per heavy atom. The van der Waals surface area contributed by atoms with Crippen LogP contribution in [0.1, 0.15) is 46.5 Å². The van der Waals surface area contributed by atoms with E-state index < -0.39 is 0 Å². The molecule has 0 N–H and O–H groups in total. The van der Waals surface area contributed by atoms with Crippen molar-refractivity contribution < 1.29 is 9.53 Å². The Balaban J connectivity index is 1.78. The van der Waals surface area contributed by atoms with Crippen molar-refractivity contribution in [3.05, 3.63) is 0 Å². The van der Waals surface area contributed by atoms with Crippen molar-refractivity contribution >= 4 is 5.97 Å². The normalized spacial score (nSPS) is 23.7. The van der Waals surface area contributed by atoms with E-state index in [1.807, 2.05) is 20.8 Å². The molecule has 106 valence electrons. The lowest BCUT2D eigenvalue weighted by molar-refractivity contribution is -0.163. The predicted octanol–water partition coefficient (Wildman–Crippen LogP) is 2.45. The molecule has 1 heterocycles. The Morgan fingerprint density at radius 2 is 1.95 bits per heavy atom. The van der Waals surface area contributed by atoms with Gasteiger partial charge in [-0.15, -0.1) is 6.42 Å². The van der Waals surface area contributed by atoms with Crippen LogP contribution in [0.3, 0.4) is 0 Å². The van der Waals surface area contributed by atoms with Gasteiger partial charge >= 0.3 is 5.97 Å². The summed E-state index contributed by atoms with van der Waals surface area (Å²) in [5.74, 6) is 2.79. The summed E-state index contributed by atoms with van der Waals surface area (Å²) in [4.78, 5) is 14.4. The lowest BCUT2D eigenvalue weighted by Gasteiger charge is -2.53. The summed E-state index contributed by atoms with van der Waals surface area (Å²) >= 11 is 0. The molecule has 2 aliphatic rings. The standard InChI is InChI=1S/C16H25NO2/c1-5-10-17-11-16(12-17)8-6-13(7-9-16)14(18)19-15(2,3)4/h1,13H,6-12H2,2-4H3. The molecule has 0 unspecified atom stereocenters. The molecule has 1 spiro atoms. The zero-order chi connectivity index (χ0) is 14.1. The van der Waals surface area contributed by atoms with Crippen LogP contribution in [-0.4, -0.2) is 36.1 Å². The van der Waals surface area contributed by atoms with Crippen molar-refractivity contribution in [2.75, 3.05) is 19.6 Å². The maximum atomic E-state index is 12.0. The highest BCUT2D eigenvalue weighted by atomic mass is 16.6. The number of hydrogen-bond acceptors (Lipinski definition) is 3. The van der Waals surface area contributed by atoms with Crippen molar-refractivity contribution in [2.45, 2.75) is 52.1 Å². The Morgan fingerprint density at radius 1 is 1.37 bits per heavy atom. The van der Waals surface area contributed by atoms with Crippen LogP contribution in [0.25, 0.3) is 0 Å². The molecule has 0 atom stereocenters. The Bertz CT molecular complexity index is 373. The summed E-state index contributed by atoms with van der Waals surface area (Å²) in [5, 5.41) is 0. The molecule has 1 saturated carbocycles. The number of nitrogens with zero attached hydrogens (tertiary/aromatic N) is 1. The lowest BCUT2D eigenvalue weighted by Crippen LogP contribution is -2.57. The Hall–Kier alpha value is -1.01. The first kappa shape index (κ1) is 14.4. The first-order valence-electron chi connectivity index (χ1n) is 7.22. The second-order valence-corrected chi connectivity index (χ2v) is 7.16. The minimum absolute atomic E-state index is 0.0119. The van der Waals surface area contributed by atoms with Gasteiger partial charge in [0.25, 0.3) is 0 Å². The highest BCUT2D eigenvalue weighted by Crippen LogP contribution is 2.45. The molecule has 1 aliphatic carbocycles. The molecule has 2 rings (SSSR count). The topological polar surface area (TPSA) is 29.5 Å². The lowest BCUT2D eigenvalue weighted by atomic mass is 9.66. The number of rotatable bonds is 2. The van der Waals surface area contributed by atoms with Gasteiger partial charge in [-0.05, 0) is 51.9 Å². The van der Waals surface area contributed by atoms with Crippen LogP contribution in [0.4, 0.5) is 0 Å². The van der Waals surface area contributed by atoms with Crippen molar-refractivity contribution in [1.82, 2.24) is 4.90 Å². The van der Waals surface area contributed by atoms with Crippen LogP contribution in [0.5, 0.6) is 0 Å². The fraction of sp³-hybridized carbons (Fsp3) is 0.812. The molecule has 0 bridgehead atoms. The van der Waals surface area contributed by atoms with E-state index in [2.05, 4.69) is 10.8 Å². The average molecular weight is 263 g/mol. The smallest absolute Gasteiger partial charge is 0.309 e. The third kappa shape index (κ3) is 3.51. The molecule has 0 aromatic carbocycles. The predicted molar refractivity (Wildman–Crippen MR) is 75.5 cm³/mol. The van der Waals surface area contributed by atoms with E-state index in [1.54, 1.807) is 0 Å². The van der Waals surface area contributed by atoms with E-state index in [4.69, 9.17) is 11.2 Å². The molecule has 19 heavy (non-hydrogen) atoms. The molecule has 0 aromatic rings. The number of carbonyl (C=O) groups is 1. The molecule has 3 nitrogen and oxygen atoms in total. The molecule has 0 radical (unpaired) electrons. The SMILES string of the molecule is C#CCN1CC2(CCC(C(=O)OC(C)(C)C)CC2)C1. The minimum Gasteiger partial charge on any atom is -0.460 e. The van der Waals surface area contributed by atoms with Gasteiger partial charge in [-0.1, -0.05) is 5.92 Å². The fourth-order valence-corrected chi connectivity index (χ4v) is 3.31. The average Bonchev–Trinajstić information content (AvgIpc) is 2.26. The summed E-state index contributed by atoms with van der Waals surface area (Å²) in [6, 6.07) is 0. The van der Waals surface area contributed by atoms with Gasteiger partial charge in [-0.25, -0.2) is 0 Å². The Kier molecular flexibility index (Phi) is 3.92. The number of terminal acetylenes is 1. The highest BCUT2D eigenvalue weighted by molar-refractivity contribution is 5.73. The molecule has 3 heteroatoms. The van der Waals surface area contributed by atoms with Crippen LogP contribution in [0.15, 0.2) is 0 Å². The number of carbonyl (C=O) groups excluding carboxylic acids is 1. The molecule has 0 aromatic heterocycles. The van der Waals surface area contributed by atoms with Gasteiger partial charge in [-0.3, -0.25) is 9.69 Å². The largest absolute Gasteiger partial charge is 0.460 e. The number of likely N-dealkylation sites (tertiary alicyclic amines) is 1. The van der Waals surface area contributed by atoms with Crippen LogP contribution in [0.2, 0.25) is 0 Å². The van der Waals surface area contributed by atoms with Gasteiger partial charge in [0.05, 0.1) is 12.5 Å². The third-order valence-corrected chi connectivity index (χ3v) is 4.22. The van der Waals surface area contributed by atoms with Gasteiger partial charge < -0.3 is 4.74 Å². The quantitative estimate of drug-likeness (QED) is 0.566. The minimum atomic E-state index is -0.369. The molecular formula is C16H25NO2. The summed E-state index contributed by atoms with van der Waals surface area (Å²) < 4.78 is 5.48. The van der Waals surface area contributed by atoms with E-state index >= 15 is 0 Å². The van der Waals surface area contributed by atoms with Gasteiger partial charge in [0, 0.05) is 13.1 Å². The summed E-state index contributed by atoms with van der Waals surface area (Å²) in [6.07, 6.45) is 9.54. The van der Waals surface area contributed by atoms with Crippen molar-refractivity contribution in [3.63, 3.8) is 0 Å². The number of ether oxygens (including phenoxy) is 1. The van der Waals surface area contributed by atoms with Crippen molar-refractivity contribution in [3.8, 4) is 12.3 Å². The zero-order valence-corrected chi connectivity index (χ0v) is 12.4. The van der Waals surface area contributed by atoms with E-state index in [1.165, 1.54) is 0 Å². The molecular weight excluding hydrogens is 238 g/mol. The first-order valence-corrected chi connectivity index (χ1v) is 7.22. The zero-order valence-electron chi connectivity index (χ0n) is 12.4. The van der Waals surface area contributed by atoms with Crippen LogP contribution < -0.4 is 0 Å². The van der Waals surface area contributed by atoms with Crippen molar-refractivity contribution in [2.24, 2.45) is 11.3 Å². The van der Waals surface area contributed by atoms with Gasteiger partial charge in [0.2, 0.25) is 0 Å².